The highest BCUT2D eigenvalue weighted by molar-refractivity contribution is 9.11. The molecule has 9 heteroatoms. The van der Waals surface area contributed by atoms with Crippen molar-refractivity contribution in [2.45, 2.75) is 32.2 Å². The zero-order valence-corrected chi connectivity index (χ0v) is 16.6. The minimum absolute atomic E-state index is 0. The molecule has 3 heterocycles. The molecule has 1 amide bonds. The lowest BCUT2D eigenvalue weighted by atomic mass is 10.1. The Morgan fingerprint density at radius 3 is 2.88 bits per heavy atom. The number of carbonyl (C=O) groups is 1. The second-order valence-corrected chi connectivity index (χ2v) is 8.21. The number of aromatic nitrogens is 3. The Bertz CT molecular complexity index is 683. The van der Waals surface area contributed by atoms with Gasteiger partial charge in [0.25, 0.3) is 5.91 Å². The van der Waals surface area contributed by atoms with E-state index >= 15 is 0 Å². The molecule has 0 aliphatic carbocycles. The highest BCUT2D eigenvalue weighted by atomic mass is 79.9. The van der Waals surface area contributed by atoms with E-state index in [1.807, 2.05) is 17.7 Å². The molecule has 3 rings (SSSR count). The van der Waals surface area contributed by atoms with Gasteiger partial charge in [0.05, 0.1) is 15.5 Å². The third-order valence-electron chi connectivity index (χ3n) is 4.08. The van der Waals surface area contributed by atoms with Crippen LogP contribution in [0, 0.1) is 6.92 Å². The summed E-state index contributed by atoms with van der Waals surface area (Å²) in [7, 11) is 0. The molecule has 2 aromatic rings. The summed E-state index contributed by atoms with van der Waals surface area (Å²) in [6, 6.07) is 4.43. The molecule has 1 saturated heterocycles. The summed E-state index contributed by atoms with van der Waals surface area (Å²) in [6.07, 6.45) is 2.88. The minimum atomic E-state index is -0.140. The third-order valence-corrected chi connectivity index (χ3v) is 5.77. The smallest absolute Gasteiger partial charge is 0.273 e. The van der Waals surface area contributed by atoms with Crippen molar-refractivity contribution in [1.29, 1.82) is 0 Å². The van der Waals surface area contributed by atoms with Crippen molar-refractivity contribution in [2.75, 3.05) is 19.6 Å². The number of hydrogen-bond donors (Lipinski definition) is 2. The predicted molar refractivity (Wildman–Crippen MR) is 101 cm³/mol. The van der Waals surface area contributed by atoms with Crippen molar-refractivity contribution in [3.05, 3.63) is 32.2 Å². The van der Waals surface area contributed by atoms with Crippen LogP contribution in [0.15, 0.2) is 15.9 Å². The first-order valence-corrected chi connectivity index (χ1v) is 9.41. The number of amides is 1. The van der Waals surface area contributed by atoms with Gasteiger partial charge < -0.3 is 10.6 Å². The van der Waals surface area contributed by atoms with Crippen LogP contribution >= 0.6 is 39.7 Å². The molecule has 6 nitrogen and oxygen atoms in total. The molecular weight excluding hydrogens is 414 g/mol. The molecule has 2 N–H and O–H groups in total. The monoisotopic (exact) mass is 433 g/mol. The highest BCUT2D eigenvalue weighted by Crippen LogP contribution is 2.22. The fraction of sp³-hybridized carbons (Fsp3) is 0.533. The van der Waals surface area contributed by atoms with Crippen LogP contribution in [-0.4, -0.2) is 40.5 Å². The molecule has 132 valence electrons. The van der Waals surface area contributed by atoms with E-state index in [9.17, 15) is 4.79 Å². The Hall–Kier alpha value is -0.960. The number of thiophene rings is 1. The van der Waals surface area contributed by atoms with Crippen molar-refractivity contribution in [1.82, 2.24) is 25.6 Å². The topological polar surface area (TPSA) is 71.8 Å². The van der Waals surface area contributed by atoms with E-state index in [1.54, 1.807) is 11.3 Å². The fourth-order valence-corrected chi connectivity index (χ4v) is 4.30. The first-order valence-electron chi connectivity index (χ1n) is 7.80. The van der Waals surface area contributed by atoms with Gasteiger partial charge in [0.1, 0.15) is 0 Å². The number of hydrogen-bond acceptors (Lipinski definition) is 5. The van der Waals surface area contributed by atoms with Crippen LogP contribution in [0.25, 0.3) is 0 Å². The van der Waals surface area contributed by atoms with Crippen LogP contribution in [0.5, 0.6) is 0 Å². The lowest BCUT2D eigenvalue weighted by molar-refractivity contribution is 0.0948. The molecular formula is C15H21BrClN5OS. The largest absolute Gasteiger partial charge is 0.350 e. The number of nitrogens with one attached hydrogen (secondary N) is 2. The van der Waals surface area contributed by atoms with Crippen LogP contribution < -0.4 is 10.6 Å². The first-order chi connectivity index (χ1) is 11.1. The molecule has 24 heavy (non-hydrogen) atoms. The van der Waals surface area contributed by atoms with E-state index in [0.29, 0.717) is 18.3 Å². The summed E-state index contributed by atoms with van der Waals surface area (Å²) in [4.78, 5) is 13.6. The van der Waals surface area contributed by atoms with Crippen molar-refractivity contribution in [3.63, 3.8) is 0 Å². The van der Waals surface area contributed by atoms with E-state index in [0.717, 1.165) is 41.8 Å². The van der Waals surface area contributed by atoms with Gasteiger partial charge in [-0.1, -0.05) is 5.21 Å². The minimum Gasteiger partial charge on any atom is -0.350 e. The molecule has 1 aliphatic rings. The van der Waals surface area contributed by atoms with Gasteiger partial charge in [0.2, 0.25) is 0 Å². The molecule has 0 saturated carbocycles. The molecule has 0 atom stereocenters. The fourth-order valence-electron chi connectivity index (χ4n) is 2.82. The lowest BCUT2D eigenvalue weighted by Crippen LogP contribution is -2.30. The maximum atomic E-state index is 12.3. The average molecular weight is 435 g/mol. The predicted octanol–water partition coefficient (Wildman–Crippen LogP) is 2.73. The summed E-state index contributed by atoms with van der Waals surface area (Å²) in [5, 5.41) is 14.6. The molecule has 0 bridgehead atoms. The number of nitrogens with zero attached hydrogens (tertiary/aromatic N) is 3. The highest BCUT2D eigenvalue weighted by Gasteiger charge is 2.22. The van der Waals surface area contributed by atoms with Crippen LogP contribution in [-0.2, 0) is 6.42 Å². The van der Waals surface area contributed by atoms with E-state index in [2.05, 4.69) is 42.9 Å². The zero-order valence-electron chi connectivity index (χ0n) is 13.4. The standard InChI is InChI=1S/C15H20BrN5OS.ClH/c1-10-14(19-20-21(10)11-4-7-17-8-5-11)15(22)18-9-6-12-2-3-13(16)23-12;/h2-3,11,17H,4-9H2,1H3,(H,18,22);1H. The van der Waals surface area contributed by atoms with Crippen LogP contribution in [0.4, 0.5) is 0 Å². The summed E-state index contributed by atoms with van der Waals surface area (Å²) in [5.41, 5.74) is 1.30. The van der Waals surface area contributed by atoms with Gasteiger partial charge in [-0.2, -0.15) is 0 Å². The summed E-state index contributed by atoms with van der Waals surface area (Å²) in [5.74, 6) is -0.140. The first kappa shape index (κ1) is 19.4. The van der Waals surface area contributed by atoms with Crippen molar-refractivity contribution < 1.29 is 4.79 Å². The summed E-state index contributed by atoms with van der Waals surface area (Å²) >= 11 is 5.13. The van der Waals surface area contributed by atoms with Gasteiger partial charge in [0.15, 0.2) is 5.69 Å². The number of rotatable bonds is 5. The second kappa shape index (κ2) is 8.94. The molecule has 0 spiro atoms. The van der Waals surface area contributed by atoms with E-state index in [1.165, 1.54) is 4.88 Å². The van der Waals surface area contributed by atoms with Gasteiger partial charge in [-0.3, -0.25) is 4.79 Å². The Kier molecular flexibility index (Phi) is 7.21. The normalized spacial score (nSPS) is 15.1. The van der Waals surface area contributed by atoms with E-state index < -0.39 is 0 Å². The summed E-state index contributed by atoms with van der Waals surface area (Å²) in [6.45, 7) is 4.50. The van der Waals surface area contributed by atoms with Crippen LogP contribution in [0.1, 0.15) is 39.9 Å². The van der Waals surface area contributed by atoms with Gasteiger partial charge in [-0.05, 0) is 67.3 Å². The van der Waals surface area contributed by atoms with Crippen molar-refractivity contribution in [3.8, 4) is 0 Å². The third kappa shape index (κ3) is 4.56. The van der Waals surface area contributed by atoms with Gasteiger partial charge in [0, 0.05) is 11.4 Å². The van der Waals surface area contributed by atoms with Crippen molar-refractivity contribution in [2.24, 2.45) is 0 Å². The van der Waals surface area contributed by atoms with Crippen LogP contribution in [0.2, 0.25) is 0 Å². The van der Waals surface area contributed by atoms with Crippen molar-refractivity contribution >= 4 is 45.6 Å². The molecule has 0 radical (unpaired) electrons. The Morgan fingerprint density at radius 1 is 1.46 bits per heavy atom. The molecule has 0 unspecified atom stereocenters. The van der Waals surface area contributed by atoms with Crippen LogP contribution in [0.3, 0.4) is 0 Å². The summed E-state index contributed by atoms with van der Waals surface area (Å²) < 4.78 is 3.02. The Morgan fingerprint density at radius 2 is 2.21 bits per heavy atom. The maximum Gasteiger partial charge on any atom is 0.273 e. The molecule has 0 aromatic carbocycles. The second-order valence-electron chi connectivity index (χ2n) is 5.66. The Labute approximate surface area is 159 Å². The van der Waals surface area contributed by atoms with Gasteiger partial charge in [-0.25, -0.2) is 4.68 Å². The van der Waals surface area contributed by atoms with E-state index in [4.69, 9.17) is 0 Å². The molecule has 1 aliphatic heterocycles. The average Bonchev–Trinajstić information content (AvgIpc) is 3.14. The quantitative estimate of drug-likeness (QED) is 0.759. The maximum absolute atomic E-state index is 12.3. The lowest BCUT2D eigenvalue weighted by Gasteiger charge is -2.23. The molecule has 2 aromatic heterocycles. The number of carbonyl (C=O) groups excluding carboxylic acids is 1. The zero-order chi connectivity index (χ0) is 16.2. The number of piperidine rings is 1. The Balaban J connectivity index is 0.00000208. The van der Waals surface area contributed by atoms with Gasteiger partial charge in [-0.15, -0.1) is 28.8 Å². The van der Waals surface area contributed by atoms with Gasteiger partial charge >= 0.3 is 0 Å². The van der Waals surface area contributed by atoms with E-state index in [-0.39, 0.29) is 18.3 Å². The number of halogens is 2. The molecule has 1 fully saturated rings. The SMILES string of the molecule is Cc1c(C(=O)NCCc2ccc(Br)s2)nnn1C1CCNCC1.Cl.